The van der Waals surface area contributed by atoms with E-state index in [2.05, 4.69) is 18.8 Å². The summed E-state index contributed by atoms with van der Waals surface area (Å²) in [6.07, 6.45) is 0. The monoisotopic (exact) mass is 296 g/mol. The molecule has 2 aromatic rings. The molecule has 1 heterocycles. The van der Waals surface area contributed by atoms with Crippen molar-refractivity contribution in [2.24, 2.45) is 0 Å². The van der Waals surface area contributed by atoms with Gasteiger partial charge in [-0.3, -0.25) is 9.36 Å². The van der Waals surface area contributed by atoms with E-state index in [9.17, 15) is 4.79 Å². The average molecular weight is 297 g/mol. The number of rotatable bonds is 3. The van der Waals surface area contributed by atoms with Gasteiger partial charge in [0.1, 0.15) is 0 Å². The molecule has 0 amide bonds. The second-order valence-corrected chi connectivity index (χ2v) is 6.97. The molecule has 1 aromatic heterocycles. The molecule has 0 unspecified atom stereocenters. The zero-order chi connectivity index (χ0) is 14.2. The first-order valence-electron chi connectivity index (χ1n) is 6.28. The first-order valence-corrected chi connectivity index (χ1v) is 7.54. The van der Waals surface area contributed by atoms with Gasteiger partial charge in [0, 0.05) is 16.3 Å². The number of benzene rings is 1. The van der Waals surface area contributed by atoms with Crippen molar-refractivity contribution >= 4 is 34.3 Å². The Labute approximate surface area is 122 Å². The van der Waals surface area contributed by atoms with Crippen LogP contribution in [0.25, 0.3) is 10.9 Å². The van der Waals surface area contributed by atoms with Gasteiger partial charge in [0.15, 0.2) is 5.16 Å². The van der Waals surface area contributed by atoms with Crippen LogP contribution >= 0.6 is 23.4 Å². The highest BCUT2D eigenvalue weighted by atomic mass is 35.5. The molecular formula is C14H17ClN2OS. The summed E-state index contributed by atoms with van der Waals surface area (Å²) < 4.78 is 1.75. The van der Waals surface area contributed by atoms with Crippen LogP contribution in [0.5, 0.6) is 0 Å². The zero-order valence-corrected chi connectivity index (χ0v) is 13.0. The van der Waals surface area contributed by atoms with E-state index in [-0.39, 0.29) is 11.6 Å². The molecular weight excluding hydrogens is 280 g/mol. The standard InChI is InChI=1S/C14H17ClN2OS/c1-8(2)17-13(18)11-6-5-10(15)7-12(11)16-14(17)19-9(3)4/h5-9H,1-4H3. The normalized spacial score (nSPS) is 11.7. The zero-order valence-electron chi connectivity index (χ0n) is 11.5. The van der Waals surface area contributed by atoms with E-state index in [4.69, 9.17) is 11.6 Å². The Bertz CT molecular complexity index is 664. The van der Waals surface area contributed by atoms with Crippen LogP contribution in [0, 0.1) is 0 Å². The molecule has 0 aliphatic rings. The smallest absolute Gasteiger partial charge is 0.262 e. The number of hydrogen-bond acceptors (Lipinski definition) is 3. The molecule has 0 aliphatic carbocycles. The van der Waals surface area contributed by atoms with Gasteiger partial charge in [0.25, 0.3) is 5.56 Å². The van der Waals surface area contributed by atoms with E-state index < -0.39 is 0 Å². The number of halogens is 1. The summed E-state index contributed by atoms with van der Waals surface area (Å²) in [4.78, 5) is 17.1. The van der Waals surface area contributed by atoms with Gasteiger partial charge < -0.3 is 0 Å². The van der Waals surface area contributed by atoms with Crippen molar-refractivity contribution in [1.29, 1.82) is 0 Å². The molecule has 5 heteroatoms. The van der Waals surface area contributed by atoms with Crippen LogP contribution < -0.4 is 5.56 Å². The lowest BCUT2D eigenvalue weighted by Gasteiger charge is -2.17. The molecule has 0 atom stereocenters. The first-order chi connectivity index (χ1) is 8.90. The van der Waals surface area contributed by atoms with Crippen molar-refractivity contribution < 1.29 is 0 Å². The largest absolute Gasteiger partial charge is 0.285 e. The van der Waals surface area contributed by atoms with Crippen molar-refractivity contribution in [3.63, 3.8) is 0 Å². The number of nitrogens with zero attached hydrogens (tertiary/aromatic N) is 2. The Balaban J connectivity index is 2.77. The molecule has 0 radical (unpaired) electrons. The molecule has 1 aromatic carbocycles. The third kappa shape index (κ3) is 2.95. The van der Waals surface area contributed by atoms with Gasteiger partial charge in [-0.15, -0.1) is 0 Å². The number of hydrogen-bond donors (Lipinski definition) is 0. The van der Waals surface area contributed by atoms with Crippen molar-refractivity contribution in [2.45, 2.75) is 44.1 Å². The molecule has 102 valence electrons. The third-order valence-corrected chi connectivity index (χ3v) is 3.89. The Kier molecular flexibility index (Phi) is 4.21. The van der Waals surface area contributed by atoms with Crippen molar-refractivity contribution in [3.05, 3.63) is 33.6 Å². The minimum absolute atomic E-state index is 0.000170. The van der Waals surface area contributed by atoms with E-state index in [1.807, 2.05) is 13.8 Å². The van der Waals surface area contributed by atoms with Gasteiger partial charge in [-0.05, 0) is 32.0 Å². The molecule has 0 bridgehead atoms. The summed E-state index contributed by atoms with van der Waals surface area (Å²) in [5.41, 5.74) is 0.664. The summed E-state index contributed by atoms with van der Waals surface area (Å²) >= 11 is 7.57. The summed E-state index contributed by atoms with van der Waals surface area (Å²) in [7, 11) is 0. The molecule has 19 heavy (non-hydrogen) atoms. The summed E-state index contributed by atoms with van der Waals surface area (Å²) in [5.74, 6) is 0. The number of thioether (sulfide) groups is 1. The lowest BCUT2D eigenvalue weighted by Crippen LogP contribution is -2.25. The van der Waals surface area contributed by atoms with Gasteiger partial charge >= 0.3 is 0 Å². The lowest BCUT2D eigenvalue weighted by molar-refractivity contribution is 0.518. The van der Waals surface area contributed by atoms with Crippen LogP contribution in [0.3, 0.4) is 0 Å². The Hall–Kier alpha value is -1.00. The van der Waals surface area contributed by atoms with Crippen LogP contribution in [0.15, 0.2) is 28.2 Å². The molecule has 0 N–H and O–H groups in total. The van der Waals surface area contributed by atoms with Gasteiger partial charge in [-0.25, -0.2) is 4.98 Å². The molecule has 0 saturated heterocycles. The highest BCUT2D eigenvalue weighted by molar-refractivity contribution is 7.99. The Morgan fingerprint density at radius 2 is 1.95 bits per heavy atom. The molecule has 0 spiro atoms. The molecule has 0 fully saturated rings. The van der Waals surface area contributed by atoms with Crippen LogP contribution in [-0.2, 0) is 0 Å². The minimum Gasteiger partial charge on any atom is -0.285 e. The predicted octanol–water partition coefficient (Wildman–Crippen LogP) is 4.13. The topological polar surface area (TPSA) is 34.9 Å². The molecule has 0 aliphatic heterocycles. The minimum atomic E-state index is -0.000170. The van der Waals surface area contributed by atoms with E-state index in [1.54, 1.807) is 34.5 Å². The summed E-state index contributed by atoms with van der Waals surface area (Å²) in [6.45, 7) is 8.16. The highest BCUT2D eigenvalue weighted by Crippen LogP contribution is 2.25. The van der Waals surface area contributed by atoms with Crippen molar-refractivity contribution in [2.75, 3.05) is 0 Å². The van der Waals surface area contributed by atoms with E-state index >= 15 is 0 Å². The molecule has 2 rings (SSSR count). The second-order valence-electron chi connectivity index (χ2n) is 4.99. The number of fused-ring (bicyclic) bond motifs is 1. The van der Waals surface area contributed by atoms with Gasteiger partial charge in [0.05, 0.1) is 10.9 Å². The fourth-order valence-corrected chi connectivity index (χ4v) is 3.05. The van der Waals surface area contributed by atoms with E-state index in [0.717, 1.165) is 5.16 Å². The Morgan fingerprint density at radius 1 is 1.26 bits per heavy atom. The predicted molar refractivity (Wildman–Crippen MR) is 82.4 cm³/mol. The second kappa shape index (κ2) is 5.55. The summed E-state index contributed by atoms with van der Waals surface area (Å²) in [6, 6.07) is 5.30. The number of aromatic nitrogens is 2. The van der Waals surface area contributed by atoms with E-state index in [0.29, 0.717) is 21.2 Å². The molecule has 0 saturated carbocycles. The van der Waals surface area contributed by atoms with Crippen LogP contribution in [-0.4, -0.2) is 14.8 Å². The maximum Gasteiger partial charge on any atom is 0.262 e. The first kappa shape index (κ1) is 14.4. The van der Waals surface area contributed by atoms with Gasteiger partial charge in [-0.2, -0.15) is 0 Å². The third-order valence-electron chi connectivity index (χ3n) is 2.69. The van der Waals surface area contributed by atoms with Crippen molar-refractivity contribution in [3.8, 4) is 0 Å². The SMILES string of the molecule is CC(C)Sc1nc2cc(Cl)ccc2c(=O)n1C(C)C. The fraction of sp³-hybridized carbons (Fsp3) is 0.429. The maximum atomic E-state index is 12.6. The summed E-state index contributed by atoms with van der Waals surface area (Å²) in [5, 5.41) is 2.34. The Morgan fingerprint density at radius 3 is 2.53 bits per heavy atom. The van der Waals surface area contributed by atoms with Crippen molar-refractivity contribution in [1.82, 2.24) is 9.55 Å². The van der Waals surface area contributed by atoms with Gasteiger partial charge in [-0.1, -0.05) is 37.2 Å². The maximum absolute atomic E-state index is 12.6. The van der Waals surface area contributed by atoms with Crippen LogP contribution in [0.4, 0.5) is 0 Å². The molecule has 3 nitrogen and oxygen atoms in total. The van der Waals surface area contributed by atoms with Crippen LogP contribution in [0.2, 0.25) is 5.02 Å². The van der Waals surface area contributed by atoms with E-state index in [1.165, 1.54) is 0 Å². The lowest BCUT2D eigenvalue weighted by atomic mass is 10.2. The average Bonchev–Trinajstić information content (AvgIpc) is 2.26. The quantitative estimate of drug-likeness (QED) is 0.631. The van der Waals surface area contributed by atoms with Crippen LogP contribution in [0.1, 0.15) is 33.7 Å². The van der Waals surface area contributed by atoms with Gasteiger partial charge in [0.2, 0.25) is 0 Å². The highest BCUT2D eigenvalue weighted by Gasteiger charge is 2.15. The fourth-order valence-electron chi connectivity index (χ4n) is 1.90.